The molecular formula is C32H25ClN2O6. The van der Waals surface area contributed by atoms with Crippen LogP contribution in [0, 0.1) is 6.92 Å². The van der Waals surface area contributed by atoms with Crippen molar-refractivity contribution in [2.75, 3.05) is 11.5 Å². The minimum atomic E-state index is -0.907. The van der Waals surface area contributed by atoms with E-state index in [-0.39, 0.29) is 30.0 Å². The number of anilines is 1. The molecule has 0 unspecified atom stereocenters. The van der Waals surface area contributed by atoms with Crippen molar-refractivity contribution in [2.24, 2.45) is 0 Å². The third kappa shape index (κ3) is 5.69. The molecule has 0 aliphatic carbocycles. The van der Waals surface area contributed by atoms with Crippen LogP contribution in [0.4, 0.5) is 10.5 Å². The summed E-state index contributed by atoms with van der Waals surface area (Å²) in [5.74, 6) is -1.82. The monoisotopic (exact) mass is 568 g/mol. The first-order valence-corrected chi connectivity index (χ1v) is 13.2. The predicted molar refractivity (Wildman–Crippen MR) is 156 cm³/mol. The first-order valence-electron chi connectivity index (χ1n) is 12.8. The van der Waals surface area contributed by atoms with Gasteiger partial charge in [0, 0.05) is 16.1 Å². The lowest BCUT2D eigenvalue weighted by Gasteiger charge is -2.26. The van der Waals surface area contributed by atoms with Gasteiger partial charge in [-0.3, -0.25) is 14.9 Å². The van der Waals surface area contributed by atoms with E-state index < -0.39 is 23.8 Å². The smallest absolute Gasteiger partial charge is 0.338 e. The van der Waals surface area contributed by atoms with E-state index in [0.29, 0.717) is 16.3 Å². The number of hydrogen-bond donors (Lipinski definition) is 1. The van der Waals surface area contributed by atoms with Crippen LogP contribution < -0.4 is 15.0 Å². The number of esters is 1. The first-order chi connectivity index (χ1) is 19.8. The van der Waals surface area contributed by atoms with Gasteiger partial charge in [-0.15, -0.1) is 0 Å². The van der Waals surface area contributed by atoms with Gasteiger partial charge in [-0.1, -0.05) is 48.0 Å². The van der Waals surface area contributed by atoms with Crippen molar-refractivity contribution in [3.63, 3.8) is 0 Å². The first kappa shape index (κ1) is 27.6. The molecule has 4 aromatic carbocycles. The molecular weight excluding hydrogens is 544 g/mol. The summed E-state index contributed by atoms with van der Waals surface area (Å²) in [5.41, 5.74) is 2.60. The number of nitrogens with one attached hydrogen (secondary N) is 1. The molecule has 0 aromatic heterocycles. The number of benzene rings is 4. The van der Waals surface area contributed by atoms with E-state index in [0.717, 1.165) is 26.8 Å². The number of amides is 4. The van der Waals surface area contributed by atoms with Crippen LogP contribution in [0.15, 0.2) is 84.4 Å². The van der Waals surface area contributed by atoms with Gasteiger partial charge in [0.25, 0.3) is 11.8 Å². The van der Waals surface area contributed by atoms with E-state index in [9.17, 15) is 19.2 Å². The van der Waals surface area contributed by atoms with Gasteiger partial charge in [0.2, 0.25) is 0 Å². The summed E-state index contributed by atoms with van der Waals surface area (Å²) in [5, 5.41) is 4.72. The molecule has 0 radical (unpaired) electrons. The number of halogens is 1. The Balaban J connectivity index is 1.46. The van der Waals surface area contributed by atoms with E-state index in [1.54, 1.807) is 25.1 Å². The van der Waals surface area contributed by atoms with Crippen molar-refractivity contribution in [3.05, 3.63) is 112 Å². The lowest BCUT2D eigenvalue weighted by Crippen LogP contribution is -2.54. The summed E-state index contributed by atoms with van der Waals surface area (Å²) in [4.78, 5) is 51.7. The molecule has 4 amide bonds. The van der Waals surface area contributed by atoms with E-state index in [1.807, 2.05) is 37.3 Å². The highest BCUT2D eigenvalue weighted by Crippen LogP contribution is 2.30. The van der Waals surface area contributed by atoms with Crippen LogP contribution >= 0.6 is 11.6 Å². The van der Waals surface area contributed by atoms with Crippen molar-refractivity contribution in [1.82, 2.24) is 5.32 Å². The quantitative estimate of drug-likeness (QED) is 0.161. The Morgan fingerprint density at radius 1 is 0.976 bits per heavy atom. The van der Waals surface area contributed by atoms with Gasteiger partial charge in [0.05, 0.1) is 17.9 Å². The van der Waals surface area contributed by atoms with Crippen molar-refractivity contribution in [2.45, 2.75) is 20.5 Å². The van der Waals surface area contributed by atoms with Crippen molar-refractivity contribution < 1.29 is 28.7 Å². The SMILES string of the molecule is CCOC(=O)c1ccc(N2C(=O)NC(=O)/C(=C\c3cc(Cl)ccc3OCc3c(C)ccc4ccccc34)C2=O)cc1. The fourth-order valence-corrected chi connectivity index (χ4v) is 4.74. The highest BCUT2D eigenvalue weighted by molar-refractivity contribution is 6.39. The number of barbiturate groups is 1. The summed E-state index contributed by atoms with van der Waals surface area (Å²) in [6.45, 7) is 4.14. The topological polar surface area (TPSA) is 102 Å². The Labute approximate surface area is 241 Å². The fourth-order valence-electron chi connectivity index (χ4n) is 4.56. The molecule has 9 heteroatoms. The maximum Gasteiger partial charge on any atom is 0.338 e. The Morgan fingerprint density at radius 2 is 1.73 bits per heavy atom. The molecule has 1 aliphatic rings. The number of fused-ring (bicyclic) bond motifs is 1. The largest absolute Gasteiger partial charge is 0.488 e. The summed E-state index contributed by atoms with van der Waals surface area (Å²) in [6, 6.07) is 21.8. The molecule has 0 saturated carbocycles. The highest BCUT2D eigenvalue weighted by atomic mass is 35.5. The molecule has 0 bridgehead atoms. The van der Waals surface area contributed by atoms with E-state index >= 15 is 0 Å². The van der Waals surface area contributed by atoms with Crippen LogP contribution in [-0.2, 0) is 20.9 Å². The average Bonchev–Trinajstić information content (AvgIpc) is 2.96. The molecule has 1 heterocycles. The molecule has 8 nitrogen and oxygen atoms in total. The molecule has 41 heavy (non-hydrogen) atoms. The lowest BCUT2D eigenvalue weighted by molar-refractivity contribution is -0.122. The summed E-state index contributed by atoms with van der Waals surface area (Å²) < 4.78 is 11.2. The number of rotatable bonds is 7. The number of imide groups is 2. The average molecular weight is 569 g/mol. The standard InChI is InChI=1S/C32H25ClN2O6/c1-3-40-31(38)21-10-13-24(14-11-21)35-30(37)26(29(36)34-32(35)39)17-22-16-23(33)12-15-28(22)41-18-27-19(2)8-9-20-6-4-5-7-25(20)27/h4-17H,3,18H2,1-2H3,(H,34,36,39)/b26-17+. The van der Waals surface area contributed by atoms with Gasteiger partial charge >= 0.3 is 12.0 Å². The Kier molecular flexibility index (Phi) is 7.85. The molecule has 1 N–H and O–H groups in total. The minimum Gasteiger partial charge on any atom is -0.488 e. The Bertz CT molecular complexity index is 1730. The fraction of sp³-hybridized carbons (Fsp3) is 0.125. The number of hydrogen-bond acceptors (Lipinski definition) is 6. The molecule has 4 aromatic rings. The van der Waals surface area contributed by atoms with Crippen LogP contribution in [0.25, 0.3) is 16.8 Å². The van der Waals surface area contributed by atoms with Crippen molar-refractivity contribution in [3.8, 4) is 5.75 Å². The maximum absolute atomic E-state index is 13.4. The van der Waals surface area contributed by atoms with Crippen LogP contribution in [-0.4, -0.2) is 30.4 Å². The zero-order chi connectivity index (χ0) is 29.1. The van der Waals surface area contributed by atoms with Gasteiger partial charge in [-0.25, -0.2) is 14.5 Å². The van der Waals surface area contributed by atoms with E-state index in [4.69, 9.17) is 21.1 Å². The van der Waals surface area contributed by atoms with Gasteiger partial charge < -0.3 is 9.47 Å². The zero-order valence-electron chi connectivity index (χ0n) is 22.3. The zero-order valence-corrected chi connectivity index (χ0v) is 23.0. The van der Waals surface area contributed by atoms with E-state index in [2.05, 4.69) is 11.4 Å². The molecule has 1 aliphatic heterocycles. The molecule has 5 rings (SSSR count). The molecule has 1 fully saturated rings. The summed E-state index contributed by atoms with van der Waals surface area (Å²) >= 11 is 6.27. The van der Waals surface area contributed by atoms with Crippen LogP contribution in [0.1, 0.15) is 34.0 Å². The summed E-state index contributed by atoms with van der Waals surface area (Å²) in [6.07, 6.45) is 1.35. The van der Waals surface area contributed by atoms with Crippen LogP contribution in [0.3, 0.4) is 0 Å². The number of carbonyl (C=O) groups is 4. The molecule has 0 atom stereocenters. The third-order valence-electron chi connectivity index (χ3n) is 6.66. The third-order valence-corrected chi connectivity index (χ3v) is 6.89. The second-order valence-corrected chi connectivity index (χ2v) is 9.71. The number of nitrogens with zero attached hydrogens (tertiary/aromatic N) is 1. The van der Waals surface area contributed by atoms with Gasteiger partial charge in [-0.2, -0.15) is 0 Å². The van der Waals surface area contributed by atoms with E-state index in [1.165, 1.54) is 30.3 Å². The number of carbonyl (C=O) groups excluding carboxylic acids is 4. The van der Waals surface area contributed by atoms with Crippen LogP contribution in [0.5, 0.6) is 5.75 Å². The summed E-state index contributed by atoms with van der Waals surface area (Å²) in [7, 11) is 0. The molecule has 1 saturated heterocycles. The Hall–Kier alpha value is -4.95. The maximum atomic E-state index is 13.4. The van der Waals surface area contributed by atoms with Gasteiger partial charge in [0.15, 0.2) is 0 Å². The Morgan fingerprint density at radius 3 is 2.49 bits per heavy atom. The second kappa shape index (κ2) is 11.7. The van der Waals surface area contributed by atoms with Gasteiger partial charge in [0.1, 0.15) is 17.9 Å². The molecule has 206 valence electrons. The lowest BCUT2D eigenvalue weighted by atomic mass is 10.0. The molecule has 0 spiro atoms. The number of urea groups is 1. The van der Waals surface area contributed by atoms with Crippen molar-refractivity contribution in [1.29, 1.82) is 0 Å². The van der Waals surface area contributed by atoms with Gasteiger partial charge in [-0.05, 0) is 78.7 Å². The van der Waals surface area contributed by atoms with Crippen LogP contribution in [0.2, 0.25) is 5.02 Å². The normalized spacial score (nSPS) is 14.4. The number of aryl methyl sites for hydroxylation is 1. The predicted octanol–water partition coefficient (Wildman–Crippen LogP) is 6.22. The highest BCUT2D eigenvalue weighted by Gasteiger charge is 2.37. The minimum absolute atomic E-state index is 0.174. The van der Waals surface area contributed by atoms with Crippen molar-refractivity contribution >= 4 is 58.0 Å². The second-order valence-electron chi connectivity index (χ2n) is 9.28. The number of ether oxygens (including phenoxy) is 2.